The highest BCUT2D eigenvalue weighted by molar-refractivity contribution is 6.31. The Kier molecular flexibility index (Phi) is 6.44. The zero-order valence-corrected chi connectivity index (χ0v) is 14.0. The molecule has 0 aliphatic heterocycles. The monoisotopic (exact) mass is 333 g/mol. The topological polar surface area (TPSA) is 47.6 Å². The van der Waals surface area contributed by atoms with Crippen LogP contribution in [0.4, 0.5) is 5.69 Å². The number of halogens is 1. The van der Waals surface area contributed by atoms with Crippen molar-refractivity contribution in [2.45, 2.75) is 20.3 Å². The van der Waals surface area contributed by atoms with E-state index in [-0.39, 0.29) is 12.3 Å². The Morgan fingerprint density at radius 1 is 1.17 bits per heavy atom. The molecule has 0 spiro atoms. The van der Waals surface area contributed by atoms with Gasteiger partial charge in [-0.15, -0.1) is 0 Å². The SMILES string of the molecule is CCOCCC(=O)Nc1cc(Cl)ccc1Oc1ccc(C)cc1. The van der Waals surface area contributed by atoms with Crippen LogP contribution < -0.4 is 10.1 Å². The third-order valence-corrected chi connectivity index (χ3v) is 3.38. The predicted molar refractivity (Wildman–Crippen MR) is 92.4 cm³/mol. The average Bonchev–Trinajstić information content (AvgIpc) is 2.52. The van der Waals surface area contributed by atoms with Gasteiger partial charge in [0, 0.05) is 11.6 Å². The number of hydrogen-bond acceptors (Lipinski definition) is 3. The minimum atomic E-state index is -0.144. The van der Waals surface area contributed by atoms with Crippen molar-refractivity contribution in [2.24, 2.45) is 0 Å². The van der Waals surface area contributed by atoms with Crippen LogP contribution in [0.3, 0.4) is 0 Å². The fourth-order valence-electron chi connectivity index (χ4n) is 1.94. The van der Waals surface area contributed by atoms with Gasteiger partial charge in [0.25, 0.3) is 0 Å². The molecule has 0 unspecified atom stereocenters. The minimum absolute atomic E-state index is 0.144. The Morgan fingerprint density at radius 2 is 1.91 bits per heavy atom. The molecule has 122 valence electrons. The largest absolute Gasteiger partial charge is 0.455 e. The van der Waals surface area contributed by atoms with Gasteiger partial charge in [0.15, 0.2) is 5.75 Å². The number of amides is 1. The van der Waals surface area contributed by atoms with Crippen LogP contribution >= 0.6 is 11.6 Å². The third kappa shape index (κ3) is 5.58. The van der Waals surface area contributed by atoms with Crippen molar-refractivity contribution in [1.82, 2.24) is 0 Å². The molecule has 2 aromatic rings. The molecule has 0 aromatic heterocycles. The highest BCUT2D eigenvalue weighted by Gasteiger charge is 2.10. The standard InChI is InChI=1S/C18H20ClNO3/c1-3-22-11-10-18(21)20-16-12-14(19)6-9-17(16)23-15-7-4-13(2)5-8-15/h4-9,12H,3,10-11H2,1-2H3,(H,20,21). The summed E-state index contributed by atoms with van der Waals surface area (Å²) >= 11 is 6.02. The fraction of sp³-hybridized carbons (Fsp3) is 0.278. The number of carbonyl (C=O) groups is 1. The van der Waals surface area contributed by atoms with Crippen molar-refractivity contribution < 1.29 is 14.3 Å². The molecular weight excluding hydrogens is 314 g/mol. The van der Waals surface area contributed by atoms with E-state index >= 15 is 0 Å². The van der Waals surface area contributed by atoms with Crippen LogP contribution in [0.1, 0.15) is 18.9 Å². The Bertz CT molecular complexity index is 656. The van der Waals surface area contributed by atoms with Crippen LogP contribution in [-0.4, -0.2) is 19.1 Å². The van der Waals surface area contributed by atoms with E-state index in [1.807, 2.05) is 38.1 Å². The Balaban J connectivity index is 2.10. The molecule has 0 aliphatic rings. The maximum atomic E-state index is 12.0. The molecule has 4 nitrogen and oxygen atoms in total. The van der Waals surface area contributed by atoms with Crippen molar-refractivity contribution in [2.75, 3.05) is 18.5 Å². The number of anilines is 1. The third-order valence-electron chi connectivity index (χ3n) is 3.14. The molecule has 1 N–H and O–H groups in total. The van der Waals surface area contributed by atoms with Crippen LogP contribution in [0.15, 0.2) is 42.5 Å². The first-order valence-corrected chi connectivity index (χ1v) is 7.88. The van der Waals surface area contributed by atoms with Gasteiger partial charge < -0.3 is 14.8 Å². The molecule has 0 atom stereocenters. The molecule has 0 fully saturated rings. The van der Waals surface area contributed by atoms with Crippen LogP contribution in [-0.2, 0) is 9.53 Å². The van der Waals surface area contributed by atoms with Gasteiger partial charge in [-0.3, -0.25) is 4.79 Å². The molecule has 0 aliphatic carbocycles. The van der Waals surface area contributed by atoms with Crippen molar-refractivity contribution in [3.63, 3.8) is 0 Å². The molecule has 0 saturated heterocycles. The molecule has 0 heterocycles. The maximum absolute atomic E-state index is 12.0. The fourth-order valence-corrected chi connectivity index (χ4v) is 2.12. The zero-order valence-electron chi connectivity index (χ0n) is 13.3. The van der Waals surface area contributed by atoms with Crippen LogP contribution in [0.25, 0.3) is 0 Å². The smallest absolute Gasteiger partial charge is 0.226 e. The van der Waals surface area contributed by atoms with Crippen LogP contribution in [0.5, 0.6) is 11.5 Å². The Labute approximate surface area is 141 Å². The lowest BCUT2D eigenvalue weighted by Gasteiger charge is -2.13. The number of ether oxygens (including phenoxy) is 2. The first-order valence-electron chi connectivity index (χ1n) is 7.50. The number of carbonyl (C=O) groups excluding carboxylic acids is 1. The van der Waals surface area contributed by atoms with Gasteiger partial charge in [0.2, 0.25) is 5.91 Å². The Morgan fingerprint density at radius 3 is 2.61 bits per heavy atom. The zero-order chi connectivity index (χ0) is 16.7. The number of aryl methyl sites for hydroxylation is 1. The van der Waals surface area contributed by atoms with Crippen molar-refractivity contribution in [3.05, 3.63) is 53.1 Å². The molecule has 5 heteroatoms. The lowest BCUT2D eigenvalue weighted by molar-refractivity contribution is -0.117. The van der Waals surface area contributed by atoms with Gasteiger partial charge in [-0.25, -0.2) is 0 Å². The molecule has 0 saturated carbocycles. The first-order chi connectivity index (χ1) is 11.1. The van der Waals surface area contributed by atoms with Crippen molar-refractivity contribution in [1.29, 1.82) is 0 Å². The van der Waals surface area contributed by atoms with E-state index in [2.05, 4.69) is 5.32 Å². The molecule has 23 heavy (non-hydrogen) atoms. The first kappa shape index (κ1) is 17.3. The molecule has 2 aromatic carbocycles. The van der Waals surface area contributed by atoms with Gasteiger partial charge in [-0.05, 0) is 44.2 Å². The average molecular weight is 334 g/mol. The van der Waals surface area contributed by atoms with Gasteiger partial charge in [-0.1, -0.05) is 29.3 Å². The minimum Gasteiger partial charge on any atom is -0.455 e. The predicted octanol–water partition coefficient (Wildman–Crippen LogP) is 4.81. The molecule has 0 radical (unpaired) electrons. The second kappa shape index (κ2) is 8.56. The van der Waals surface area contributed by atoms with E-state index in [1.165, 1.54) is 0 Å². The van der Waals surface area contributed by atoms with Crippen molar-refractivity contribution >= 4 is 23.2 Å². The summed E-state index contributed by atoms with van der Waals surface area (Å²) in [4.78, 5) is 12.0. The second-order valence-corrected chi connectivity index (χ2v) is 5.49. The van der Waals surface area contributed by atoms with Gasteiger partial charge in [-0.2, -0.15) is 0 Å². The number of benzene rings is 2. The molecular formula is C18H20ClNO3. The van der Waals surface area contributed by atoms with E-state index < -0.39 is 0 Å². The number of hydrogen-bond donors (Lipinski definition) is 1. The lowest BCUT2D eigenvalue weighted by atomic mass is 10.2. The highest BCUT2D eigenvalue weighted by Crippen LogP contribution is 2.32. The number of rotatable bonds is 7. The Hall–Kier alpha value is -2.04. The van der Waals surface area contributed by atoms with Gasteiger partial charge in [0.05, 0.1) is 18.7 Å². The van der Waals surface area contributed by atoms with Gasteiger partial charge in [0.1, 0.15) is 5.75 Å². The summed E-state index contributed by atoms with van der Waals surface area (Å²) in [6.07, 6.45) is 0.282. The summed E-state index contributed by atoms with van der Waals surface area (Å²) in [5, 5.41) is 3.34. The highest BCUT2D eigenvalue weighted by atomic mass is 35.5. The summed E-state index contributed by atoms with van der Waals surface area (Å²) < 4.78 is 11.0. The summed E-state index contributed by atoms with van der Waals surface area (Å²) in [5.74, 6) is 1.10. The summed E-state index contributed by atoms with van der Waals surface area (Å²) in [6, 6.07) is 12.8. The van der Waals surface area contributed by atoms with E-state index in [0.29, 0.717) is 35.4 Å². The summed E-state index contributed by atoms with van der Waals surface area (Å²) in [7, 11) is 0. The molecule has 1 amide bonds. The van der Waals surface area contributed by atoms with Crippen LogP contribution in [0, 0.1) is 6.92 Å². The number of nitrogens with one attached hydrogen (secondary N) is 1. The van der Waals surface area contributed by atoms with E-state index in [1.54, 1.807) is 18.2 Å². The van der Waals surface area contributed by atoms with E-state index in [4.69, 9.17) is 21.1 Å². The maximum Gasteiger partial charge on any atom is 0.226 e. The quantitative estimate of drug-likeness (QED) is 0.740. The van der Waals surface area contributed by atoms with E-state index in [0.717, 1.165) is 5.56 Å². The van der Waals surface area contributed by atoms with Crippen molar-refractivity contribution in [3.8, 4) is 11.5 Å². The van der Waals surface area contributed by atoms with E-state index in [9.17, 15) is 4.79 Å². The van der Waals surface area contributed by atoms with Crippen LogP contribution in [0.2, 0.25) is 5.02 Å². The lowest BCUT2D eigenvalue weighted by Crippen LogP contribution is -2.14. The molecule has 2 rings (SSSR count). The van der Waals surface area contributed by atoms with Gasteiger partial charge >= 0.3 is 0 Å². The molecule has 0 bridgehead atoms. The summed E-state index contributed by atoms with van der Waals surface area (Å²) in [5.41, 5.74) is 1.69. The second-order valence-electron chi connectivity index (χ2n) is 5.05. The normalized spacial score (nSPS) is 10.4. The summed E-state index contributed by atoms with van der Waals surface area (Å²) in [6.45, 7) is 4.88.